The van der Waals surface area contributed by atoms with E-state index in [-0.39, 0.29) is 5.82 Å². The van der Waals surface area contributed by atoms with Gasteiger partial charge in [-0.3, -0.25) is 4.90 Å². The molecule has 0 atom stereocenters. The summed E-state index contributed by atoms with van der Waals surface area (Å²) in [6, 6.07) is 5.63. The molecule has 0 radical (unpaired) electrons. The van der Waals surface area contributed by atoms with Crippen LogP contribution < -0.4 is 5.73 Å². The first-order chi connectivity index (χ1) is 8.54. The van der Waals surface area contributed by atoms with Gasteiger partial charge in [0.2, 0.25) is 0 Å². The summed E-state index contributed by atoms with van der Waals surface area (Å²) in [6.45, 7) is 0.734. The molecule has 0 aliphatic heterocycles. The summed E-state index contributed by atoms with van der Waals surface area (Å²) in [5.41, 5.74) is 6.83. The van der Waals surface area contributed by atoms with E-state index in [2.05, 4.69) is 11.9 Å². The van der Waals surface area contributed by atoms with Gasteiger partial charge in [0.05, 0.1) is 0 Å². The summed E-state index contributed by atoms with van der Waals surface area (Å²) < 4.78 is 13.3. The molecule has 0 bridgehead atoms. The van der Waals surface area contributed by atoms with Crippen LogP contribution in [0.1, 0.15) is 31.2 Å². The van der Waals surface area contributed by atoms with Crippen molar-refractivity contribution in [2.24, 2.45) is 5.73 Å². The van der Waals surface area contributed by atoms with Crippen LogP contribution in [0.3, 0.4) is 0 Å². The molecule has 1 saturated carbocycles. The first-order valence-electron chi connectivity index (χ1n) is 6.45. The van der Waals surface area contributed by atoms with E-state index in [0.717, 1.165) is 37.8 Å². The number of hydrogen-bond donors (Lipinski definition) is 1. The summed E-state index contributed by atoms with van der Waals surface area (Å²) in [4.78, 5) is 2.27. The Morgan fingerprint density at radius 1 is 1.28 bits per heavy atom. The molecule has 0 saturated heterocycles. The second-order valence-corrected chi connectivity index (χ2v) is 5.70. The molecule has 1 aliphatic rings. The smallest absolute Gasteiger partial charge is 0.125 e. The van der Waals surface area contributed by atoms with Crippen LogP contribution in [0.15, 0.2) is 18.2 Å². The van der Waals surface area contributed by atoms with Gasteiger partial charge in [-0.05, 0) is 56.5 Å². The van der Waals surface area contributed by atoms with E-state index < -0.39 is 0 Å². The monoisotopic (exact) mass is 270 g/mol. The Morgan fingerprint density at radius 3 is 2.56 bits per heavy atom. The molecule has 2 N–H and O–H groups in total. The molecule has 0 spiro atoms. The summed E-state index contributed by atoms with van der Waals surface area (Å²) in [6.07, 6.45) is 4.42. The highest BCUT2D eigenvalue weighted by Gasteiger charge is 2.21. The lowest BCUT2D eigenvalue weighted by Crippen LogP contribution is -2.38. The molecular weight excluding hydrogens is 251 g/mol. The third-order valence-corrected chi connectivity index (χ3v) is 3.94. The molecule has 1 aromatic carbocycles. The van der Waals surface area contributed by atoms with Crippen LogP contribution in [0.25, 0.3) is 0 Å². The van der Waals surface area contributed by atoms with E-state index in [9.17, 15) is 4.39 Å². The number of benzene rings is 1. The van der Waals surface area contributed by atoms with Crippen LogP contribution >= 0.6 is 11.6 Å². The second kappa shape index (κ2) is 6.00. The normalized spacial score (nSPS) is 24.5. The predicted molar refractivity (Wildman–Crippen MR) is 73.1 cm³/mol. The highest BCUT2D eigenvalue weighted by atomic mass is 35.5. The largest absolute Gasteiger partial charge is 0.328 e. The van der Waals surface area contributed by atoms with Gasteiger partial charge in [0.25, 0.3) is 0 Å². The fourth-order valence-corrected chi connectivity index (χ4v) is 2.91. The van der Waals surface area contributed by atoms with E-state index in [1.54, 1.807) is 6.07 Å². The number of halogens is 2. The van der Waals surface area contributed by atoms with Gasteiger partial charge < -0.3 is 5.73 Å². The van der Waals surface area contributed by atoms with Crippen molar-refractivity contribution < 1.29 is 4.39 Å². The Morgan fingerprint density at radius 2 is 1.94 bits per heavy atom. The van der Waals surface area contributed by atoms with Crippen molar-refractivity contribution in [3.63, 3.8) is 0 Å². The fourth-order valence-electron chi connectivity index (χ4n) is 2.66. The molecule has 18 heavy (non-hydrogen) atoms. The topological polar surface area (TPSA) is 29.3 Å². The van der Waals surface area contributed by atoms with Gasteiger partial charge in [0.1, 0.15) is 5.82 Å². The molecule has 0 unspecified atom stereocenters. The van der Waals surface area contributed by atoms with Crippen molar-refractivity contribution in [3.05, 3.63) is 34.6 Å². The van der Waals surface area contributed by atoms with E-state index in [1.165, 1.54) is 6.07 Å². The van der Waals surface area contributed by atoms with Gasteiger partial charge in [0.15, 0.2) is 0 Å². The summed E-state index contributed by atoms with van der Waals surface area (Å²) >= 11 is 5.86. The summed E-state index contributed by atoms with van der Waals surface area (Å²) in [5, 5.41) is 0.462. The van der Waals surface area contributed by atoms with Gasteiger partial charge >= 0.3 is 0 Å². The Hall–Kier alpha value is -0.640. The molecule has 1 aliphatic carbocycles. The maximum atomic E-state index is 13.3. The van der Waals surface area contributed by atoms with E-state index in [4.69, 9.17) is 17.3 Å². The van der Waals surface area contributed by atoms with Gasteiger partial charge in [-0.25, -0.2) is 4.39 Å². The van der Waals surface area contributed by atoms with Crippen LogP contribution in [0.4, 0.5) is 4.39 Å². The van der Waals surface area contributed by atoms with Crippen molar-refractivity contribution in [2.75, 3.05) is 7.05 Å². The van der Waals surface area contributed by atoms with Crippen molar-refractivity contribution in [1.29, 1.82) is 0 Å². The maximum Gasteiger partial charge on any atom is 0.125 e. The van der Waals surface area contributed by atoms with Gasteiger partial charge in [-0.2, -0.15) is 0 Å². The van der Waals surface area contributed by atoms with E-state index in [0.29, 0.717) is 17.1 Å². The van der Waals surface area contributed by atoms with Crippen LogP contribution in [0.5, 0.6) is 0 Å². The molecule has 2 nitrogen and oxygen atoms in total. The van der Waals surface area contributed by atoms with Gasteiger partial charge in [0, 0.05) is 23.7 Å². The third kappa shape index (κ3) is 3.67. The van der Waals surface area contributed by atoms with Crippen LogP contribution in [-0.4, -0.2) is 24.0 Å². The van der Waals surface area contributed by atoms with Crippen molar-refractivity contribution in [2.45, 2.75) is 44.3 Å². The summed E-state index contributed by atoms with van der Waals surface area (Å²) in [5.74, 6) is -0.267. The minimum Gasteiger partial charge on any atom is -0.328 e. The molecule has 4 heteroatoms. The van der Waals surface area contributed by atoms with Crippen LogP contribution in [0.2, 0.25) is 5.02 Å². The second-order valence-electron chi connectivity index (χ2n) is 5.26. The zero-order chi connectivity index (χ0) is 13.1. The molecular formula is C14H20ClFN2. The molecule has 0 heterocycles. The summed E-state index contributed by atoms with van der Waals surface area (Å²) in [7, 11) is 2.08. The predicted octanol–water partition coefficient (Wildman–Crippen LogP) is 3.18. The van der Waals surface area contributed by atoms with Gasteiger partial charge in [-0.15, -0.1) is 0 Å². The van der Waals surface area contributed by atoms with Crippen LogP contribution in [0, 0.1) is 5.82 Å². The lowest BCUT2D eigenvalue weighted by Gasteiger charge is -2.33. The molecule has 100 valence electrons. The molecule has 1 fully saturated rings. The lowest BCUT2D eigenvalue weighted by atomic mass is 9.91. The Kier molecular flexibility index (Phi) is 4.60. The fraction of sp³-hybridized carbons (Fsp3) is 0.571. The maximum absolute atomic E-state index is 13.3. The number of hydrogen-bond acceptors (Lipinski definition) is 2. The third-order valence-electron chi connectivity index (χ3n) is 3.72. The first-order valence-corrected chi connectivity index (χ1v) is 6.83. The van der Waals surface area contributed by atoms with Crippen molar-refractivity contribution in [3.8, 4) is 0 Å². The molecule has 0 aromatic heterocycles. The first kappa shape index (κ1) is 13.8. The minimum absolute atomic E-state index is 0.267. The van der Waals surface area contributed by atoms with Crippen molar-refractivity contribution >= 4 is 11.6 Å². The Bertz CT molecular complexity index is 383. The minimum atomic E-state index is -0.267. The molecule has 1 aromatic rings. The highest BCUT2D eigenvalue weighted by Crippen LogP contribution is 2.23. The van der Waals surface area contributed by atoms with Gasteiger partial charge in [-0.1, -0.05) is 11.6 Å². The lowest BCUT2D eigenvalue weighted by molar-refractivity contribution is 0.176. The highest BCUT2D eigenvalue weighted by molar-refractivity contribution is 6.30. The Labute approximate surface area is 113 Å². The average molecular weight is 271 g/mol. The van der Waals surface area contributed by atoms with E-state index in [1.807, 2.05) is 6.07 Å². The van der Waals surface area contributed by atoms with E-state index >= 15 is 0 Å². The number of rotatable bonds is 3. The number of nitrogens with zero attached hydrogens (tertiary/aromatic N) is 1. The standard InChI is InChI=1S/C14H20ClFN2/c1-18(14-4-2-13(17)3-5-14)9-10-6-11(15)8-12(16)7-10/h6-8,13-14H,2-5,9,17H2,1H3. The Balaban J connectivity index is 1.96. The number of nitrogens with two attached hydrogens (primary N) is 1. The quantitative estimate of drug-likeness (QED) is 0.914. The molecule has 0 amide bonds. The molecule has 2 rings (SSSR count). The average Bonchev–Trinajstić information content (AvgIpc) is 2.28. The SMILES string of the molecule is CN(Cc1cc(F)cc(Cl)c1)C1CCC(N)CC1. The zero-order valence-corrected chi connectivity index (χ0v) is 11.5. The zero-order valence-electron chi connectivity index (χ0n) is 10.7. The van der Waals surface area contributed by atoms with Crippen molar-refractivity contribution in [1.82, 2.24) is 4.90 Å². The van der Waals surface area contributed by atoms with Crippen LogP contribution in [-0.2, 0) is 6.54 Å².